The number of rotatable bonds is 5. The Kier molecular flexibility index (Phi) is 5.00. The largest absolute Gasteiger partial charge is 0.338 e. The summed E-state index contributed by atoms with van der Waals surface area (Å²) in [6, 6.07) is 15.8. The monoisotopic (exact) mass is 391 g/mol. The Bertz CT molecular complexity index is 1140. The van der Waals surface area contributed by atoms with E-state index in [2.05, 4.69) is 39.3 Å². The van der Waals surface area contributed by atoms with Crippen LogP contribution in [0.2, 0.25) is 0 Å². The van der Waals surface area contributed by atoms with Crippen LogP contribution in [0.4, 0.5) is 5.69 Å². The zero-order valence-corrected chi connectivity index (χ0v) is 16.7. The number of para-hydroxylation sites is 1. The molecule has 142 valence electrons. The molecule has 2 heterocycles. The van der Waals surface area contributed by atoms with Crippen molar-refractivity contribution in [2.75, 3.05) is 5.32 Å². The molecule has 7 heteroatoms. The lowest BCUT2D eigenvalue weighted by atomic mass is 10.0. The number of benzene rings is 2. The van der Waals surface area contributed by atoms with Crippen molar-refractivity contribution in [3.63, 3.8) is 0 Å². The lowest BCUT2D eigenvalue weighted by Crippen LogP contribution is -2.22. The molecule has 0 aliphatic carbocycles. The fourth-order valence-corrected chi connectivity index (χ4v) is 3.68. The molecule has 2 aromatic heterocycles. The van der Waals surface area contributed by atoms with Crippen molar-refractivity contribution in [1.29, 1.82) is 0 Å². The summed E-state index contributed by atoms with van der Waals surface area (Å²) in [7, 11) is 0. The Balaban J connectivity index is 1.47. The second-order valence-electron chi connectivity index (χ2n) is 6.99. The molecule has 0 saturated carbocycles. The highest BCUT2D eigenvalue weighted by atomic mass is 32.2. The van der Waals surface area contributed by atoms with E-state index in [-0.39, 0.29) is 11.2 Å². The Morgan fingerprint density at radius 2 is 1.79 bits per heavy atom. The maximum atomic E-state index is 12.5. The normalized spacial score (nSPS) is 12.6. The molecule has 0 aliphatic heterocycles. The topological polar surface area (TPSA) is 83.6 Å². The Hall–Kier alpha value is -2.93. The number of thioether (sulfide) groups is 1. The van der Waals surface area contributed by atoms with E-state index in [9.17, 15) is 4.79 Å². The van der Waals surface area contributed by atoms with Crippen LogP contribution >= 0.6 is 11.8 Å². The zero-order valence-electron chi connectivity index (χ0n) is 15.9. The minimum Gasteiger partial charge on any atom is -0.338 e. The first-order valence-electron chi connectivity index (χ1n) is 9.20. The summed E-state index contributed by atoms with van der Waals surface area (Å²) < 4.78 is 0. The number of hydrogen-bond donors (Lipinski definition) is 2. The van der Waals surface area contributed by atoms with E-state index in [1.165, 1.54) is 17.3 Å². The highest BCUT2D eigenvalue weighted by Crippen LogP contribution is 2.25. The summed E-state index contributed by atoms with van der Waals surface area (Å²) >= 11 is 1.29. The van der Waals surface area contributed by atoms with Gasteiger partial charge in [-0.1, -0.05) is 55.9 Å². The van der Waals surface area contributed by atoms with Crippen molar-refractivity contribution in [2.45, 2.75) is 37.1 Å². The number of carbonyl (C=O) groups excluding carboxylic acids is 1. The first kappa shape index (κ1) is 18.4. The molecule has 0 spiro atoms. The van der Waals surface area contributed by atoms with Crippen molar-refractivity contribution in [3.05, 3.63) is 54.1 Å². The number of nitrogens with zero attached hydrogens (tertiary/aromatic N) is 3. The van der Waals surface area contributed by atoms with Crippen molar-refractivity contribution < 1.29 is 4.79 Å². The van der Waals surface area contributed by atoms with E-state index in [0.29, 0.717) is 16.7 Å². The van der Waals surface area contributed by atoms with Gasteiger partial charge >= 0.3 is 0 Å². The molecule has 0 aliphatic rings. The van der Waals surface area contributed by atoms with E-state index >= 15 is 0 Å². The minimum atomic E-state index is -0.353. The van der Waals surface area contributed by atoms with E-state index in [0.717, 1.165) is 22.1 Å². The predicted octanol–water partition coefficient (Wildman–Crippen LogP) is 4.75. The predicted molar refractivity (Wildman–Crippen MR) is 114 cm³/mol. The molecule has 1 amide bonds. The van der Waals surface area contributed by atoms with E-state index in [1.54, 1.807) is 0 Å². The van der Waals surface area contributed by atoms with Crippen LogP contribution < -0.4 is 5.32 Å². The summed E-state index contributed by atoms with van der Waals surface area (Å²) in [5.41, 5.74) is 4.41. The molecule has 0 radical (unpaired) electrons. The lowest BCUT2D eigenvalue weighted by Gasteiger charge is -2.12. The number of nitrogens with one attached hydrogen (secondary N) is 2. The van der Waals surface area contributed by atoms with Crippen LogP contribution in [0.1, 0.15) is 32.3 Å². The standard InChI is InChI=1S/C21H21N5OS/c1-12(2)14-8-10-15(11-9-14)22-20(27)13(3)28-21-24-19-18(25-26-21)16-6-4-5-7-17(16)23-19/h4-13H,1-3H3,(H,22,27)(H,23,24,26)/t13-/m0/s1. The summed E-state index contributed by atoms with van der Waals surface area (Å²) in [4.78, 5) is 20.3. The molecule has 0 bridgehead atoms. The van der Waals surface area contributed by atoms with Crippen LogP contribution in [0.15, 0.2) is 53.7 Å². The quantitative estimate of drug-likeness (QED) is 0.480. The van der Waals surface area contributed by atoms with Crippen molar-refractivity contribution in [1.82, 2.24) is 20.2 Å². The number of hydrogen-bond acceptors (Lipinski definition) is 5. The molecule has 2 aromatic carbocycles. The summed E-state index contributed by atoms with van der Waals surface area (Å²) in [6.07, 6.45) is 0. The minimum absolute atomic E-state index is 0.0948. The van der Waals surface area contributed by atoms with E-state index in [4.69, 9.17) is 0 Å². The van der Waals surface area contributed by atoms with Gasteiger partial charge in [-0.25, -0.2) is 4.98 Å². The molecule has 2 N–H and O–H groups in total. The second-order valence-corrected chi connectivity index (χ2v) is 8.30. The number of H-pyrrole nitrogens is 1. The Morgan fingerprint density at radius 3 is 2.54 bits per heavy atom. The molecule has 1 atom stereocenters. The number of aromatic nitrogens is 4. The maximum absolute atomic E-state index is 12.5. The summed E-state index contributed by atoms with van der Waals surface area (Å²) in [5, 5.41) is 12.5. The molecule has 4 aromatic rings. The first-order chi connectivity index (χ1) is 13.5. The number of carbonyl (C=O) groups is 1. The molecule has 0 unspecified atom stereocenters. The molecule has 0 fully saturated rings. The first-order valence-corrected chi connectivity index (χ1v) is 10.1. The third kappa shape index (κ3) is 3.71. The fourth-order valence-electron chi connectivity index (χ4n) is 2.96. The van der Waals surface area contributed by atoms with Gasteiger partial charge in [-0.2, -0.15) is 0 Å². The number of amides is 1. The van der Waals surface area contributed by atoms with E-state index in [1.807, 2.05) is 55.5 Å². The van der Waals surface area contributed by atoms with Gasteiger partial charge in [-0.15, -0.1) is 10.2 Å². The fraction of sp³-hybridized carbons (Fsp3) is 0.238. The van der Waals surface area contributed by atoms with E-state index < -0.39 is 0 Å². The van der Waals surface area contributed by atoms with Crippen LogP contribution in [-0.4, -0.2) is 31.3 Å². The third-order valence-corrected chi connectivity index (χ3v) is 5.55. The molecule has 4 rings (SSSR count). The Labute approximate surface area is 167 Å². The summed E-state index contributed by atoms with van der Waals surface area (Å²) in [5.74, 6) is 0.367. The zero-order chi connectivity index (χ0) is 19.7. The van der Waals surface area contributed by atoms with Gasteiger partial charge in [0.2, 0.25) is 11.1 Å². The smallest absolute Gasteiger partial charge is 0.237 e. The van der Waals surface area contributed by atoms with Gasteiger partial charge < -0.3 is 10.3 Å². The van der Waals surface area contributed by atoms with Crippen molar-refractivity contribution >= 4 is 45.4 Å². The van der Waals surface area contributed by atoms with Crippen LogP contribution in [0.3, 0.4) is 0 Å². The second kappa shape index (κ2) is 7.59. The highest BCUT2D eigenvalue weighted by Gasteiger charge is 2.18. The van der Waals surface area contributed by atoms with Gasteiger partial charge in [-0.05, 0) is 36.6 Å². The SMILES string of the molecule is CC(C)c1ccc(NC(=O)[C@H](C)Sc2nnc3c(n2)[nH]c2ccccc23)cc1. The molecule has 6 nitrogen and oxygen atoms in total. The molecule has 0 saturated heterocycles. The van der Waals surface area contributed by atoms with Gasteiger partial charge in [0.1, 0.15) is 5.52 Å². The van der Waals surface area contributed by atoms with Crippen LogP contribution in [0.5, 0.6) is 0 Å². The third-order valence-electron chi connectivity index (χ3n) is 4.60. The van der Waals surface area contributed by atoms with Crippen LogP contribution in [-0.2, 0) is 4.79 Å². The molecule has 28 heavy (non-hydrogen) atoms. The van der Waals surface area contributed by atoms with Gasteiger partial charge in [0.05, 0.1) is 5.25 Å². The van der Waals surface area contributed by atoms with Gasteiger partial charge in [0.25, 0.3) is 0 Å². The van der Waals surface area contributed by atoms with Crippen molar-refractivity contribution in [2.24, 2.45) is 0 Å². The average Bonchev–Trinajstić information content (AvgIpc) is 3.06. The number of fused-ring (bicyclic) bond motifs is 3. The number of aromatic amines is 1. The van der Waals surface area contributed by atoms with Gasteiger partial charge in [0.15, 0.2) is 5.65 Å². The van der Waals surface area contributed by atoms with Crippen molar-refractivity contribution in [3.8, 4) is 0 Å². The summed E-state index contributed by atoms with van der Waals surface area (Å²) in [6.45, 7) is 6.12. The van der Waals surface area contributed by atoms with Gasteiger partial charge in [0, 0.05) is 16.6 Å². The van der Waals surface area contributed by atoms with Crippen LogP contribution in [0.25, 0.3) is 22.1 Å². The lowest BCUT2D eigenvalue weighted by molar-refractivity contribution is -0.115. The van der Waals surface area contributed by atoms with Gasteiger partial charge in [-0.3, -0.25) is 4.79 Å². The maximum Gasteiger partial charge on any atom is 0.237 e. The van der Waals surface area contributed by atoms with Crippen LogP contribution in [0, 0.1) is 0 Å². The Morgan fingerprint density at radius 1 is 1.04 bits per heavy atom. The highest BCUT2D eigenvalue weighted by molar-refractivity contribution is 8.00. The molecular weight excluding hydrogens is 370 g/mol. The molecular formula is C21H21N5OS. The number of anilines is 1. The average molecular weight is 392 g/mol.